The Morgan fingerprint density at radius 2 is 1.94 bits per heavy atom. The SMILES string of the molecule is CCOC(=O)O[C@]1(C(=O)OCF)[C@H](C)C[C@H]2[C@@H]3CCC4=CC(=O)C=C[C@]4(C)[C@@]3(F)[C@@H](O)C[C@@]21C. The second kappa shape index (κ2) is 8.14. The van der Waals surface area contributed by atoms with Crippen LogP contribution < -0.4 is 0 Å². The number of aliphatic hydroxyl groups is 1. The van der Waals surface area contributed by atoms with Crippen LogP contribution in [0.4, 0.5) is 13.6 Å². The molecule has 0 aromatic heterocycles. The first-order valence-corrected chi connectivity index (χ1v) is 11.8. The predicted octanol–water partition coefficient (Wildman–Crippen LogP) is 3.99. The monoisotopic (exact) mass is 482 g/mol. The number of carbonyl (C=O) groups is 3. The van der Waals surface area contributed by atoms with Crippen LogP contribution in [-0.4, -0.2) is 53.9 Å². The van der Waals surface area contributed by atoms with E-state index in [0.29, 0.717) is 24.8 Å². The number of ketones is 1. The van der Waals surface area contributed by atoms with Gasteiger partial charge >= 0.3 is 12.1 Å². The molecular weight excluding hydrogens is 450 g/mol. The minimum absolute atomic E-state index is 0.00103. The van der Waals surface area contributed by atoms with Gasteiger partial charge in [-0.15, -0.1) is 0 Å². The Balaban J connectivity index is 1.83. The van der Waals surface area contributed by atoms with Crippen LogP contribution >= 0.6 is 0 Å². The molecule has 0 spiro atoms. The molecule has 1 N–H and O–H groups in total. The molecule has 0 heterocycles. The molecule has 3 saturated carbocycles. The zero-order valence-corrected chi connectivity index (χ0v) is 19.9. The second-order valence-corrected chi connectivity index (χ2v) is 10.5. The molecule has 0 saturated heterocycles. The molecule has 4 aliphatic carbocycles. The molecular formula is C25H32F2O7. The third-order valence-corrected chi connectivity index (χ3v) is 9.18. The Morgan fingerprint density at radius 1 is 1.24 bits per heavy atom. The molecule has 0 amide bonds. The fourth-order valence-corrected chi connectivity index (χ4v) is 7.66. The van der Waals surface area contributed by atoms with E-state index in [9.17, 15) is 23.9 Å². The maximum absolute atomic E-state index is 17.2. The number of esters is 1. The third-order valence-electron chi connectivity index (χ3n) is 9.18. The Bertz CT molecular complexity index is 963. The highest BCUT2D eigenvalue weighted by atomic mass is 19.1. The first-order chi connectivity index (χ1) is 15.9. The van der Waals surface area contributed by atoms with Gasteiger partial charge in [0, 0.05) is 22.7 Å². The van der Waals surface area contributed by atoms with E-state index >= 15 is 4.39 Å². The Hall–Kier alpha value is -2.29. The molecule has 0 bridgehead atoms. The lowest BCUT2D eigenvalue weighted by Gasteiger charge is -2.62. The van der Waals surface area contributed by atoms with Crippen LogP contribution in [0.2, 0.25) is 0 Å². The minimum Gasteiger partial charge on any atom is -0.435 e. The smallest absolute Gasteiger partial charge is 0.435 e. The maximum Gasteiger partial charge on any atom is 0.509 e. The third kappa shape index (κ3) is 2.98. The van der Waals surface area contributed by atoms with Gasteiger partial charge in [-0.25, -0.2) is 18.4 Å². The molecule has 34 heavy (non-hydrogen) atoms. The number of hydrogen-bond donors (Lipinski definition) is 1. The van der Waals surface area contributed by atoms with Crippen LogP contribution in [0.15, 0.2) is 23.8 Å². The summed E-state index contributed by atoms with van der Waals surface area (Å²) in [6, 6.07) is 0. The van der Waals surface area contributed by atoms with Crippen molar-refractivity contribution in [3.8, 4) is 0 Å². The zero-order valence-electron chi connectivity index (χ0n) is 19.9. The number of allylic oxidation sites excluding steroid dienone is 4. The fraction of sp³-hybridized carbons (Fsp3) is 0.720. The number of fused-ring (bicyclic) bond motifs is 5. The largest absolute Gasteiger partial charge is 0.509 e. The van der Waals surface area contributed by atoms with Gasteiger partial charge in [-0.05, 0) is 57.6 Å². The van der Waals surface area contributed by atoms with Gasteiger partial charge in [-0.2, -0.15) is 0 Å². The van der Waals surface area contributed by atoms with E-state index in [1.807, 2.05) is 0 Å². The lowest BCUT2D eigenvalue weighted by Crippen LogP contribution is -2.70. The summed E-state index contributed by atoms with van der Waals surface area (Å²) in [5.41, 5.74) is -5.86. The van der Waals surface area contributed by atoms with Gasteiger partial charge in [0.1, 0.15) is 0 Å². The number of ether oxygens (including phenoxy) is 3. The first-order valence-electron chi connectivity index (χ1n) is 11.8. The summed E-state index contributed by atoms with van der Waals surface area (Å²) in [5.74, 6) is -3.11. The average molecular weight is 483 g/mol. The van der Waals surface area contributed by atoms with Gasteiger partial charge < -0.3 is 19.3 Å². The summed E-state index contributed by atoms with van der Waals surface area (Å²) in [6.07, 6.45) is 2.56. The molecule has 188 valence electrons. The van der Waals surface area contributed by atoms with E-state index in [4.69, 9.17) is 14.2 Å². The summed E-state index contributed by atoms with van der Waals surface area (Å²) in [4.78, 5) is 37.6. The van der Waals surface area contributed by atoms with Crippen LogP contribution in [0.3, 0.4) is 0 Å². The molecule has 9 heteroatoms. The summed E-state index contributed by atoms with van der Waals surface area (Å²) >= 11 is 0. The minimum atomic E-state index is -2.11. The Morgan fingerprint density at radius 3 is 2.59 bits per heavy atom. The molecule has 0 unspecified atom stereocenters. The lowest BCUT2D eigenvalue weighted by molar-refractivity contribution is -0.231. The normalized spacial score (nSPS) is 44.9. The van der Waals surface area contributed by atoms with Crippen molar-refractivity contribution in [3.05, 3.63) is 23.8 Å². The predicted molar refractivity (Wildman–Crippen MR) is 116 cm³/mol. The van der Waals surface area contributed by atoms with Gasteiger partial charge in [-0.1, -0.05) is 25.5 Å². The van der Waals surface area contributed by atoms with Crippen molar-refractivity contribution >= 4 is 17.9 Å². The quantitative estimate of drug-likeness (QED) is 0.605. The van der Waals surface area contributed by atoms with Crippen LogP contribution in [0.25, 0.3) is 0 Å². The molecule has 0 aromatic carbocycles. The molecule has 0 aromatic rings. The van der Waals surface area contributed by atoms with Crippen molar-refractivity contribution in [1.29, 1.82) is 0 Å². The van der Waals surface area contributed by atoms with Crippen LogP contribution in [0, 0.1) is 28.6 Å². The molecule has 3 fully saturated rings. The molecule has 7 nitrogen and oxygen atoms in total. The summed E-state index contributed by atoms with van der Waals surface area (Å²) in [7, 11) is 0. The Kier molecular flexibility index (Phi) is 5.94. The Labute approximate surface area is 197 Å². The molecule has 4 aliphatic rings. The highest BCUT2D eigenvalue weighted by Gasteiger charge is 2.78. The van der Waals surface area contributed by atoms with Gasteiger partial charge in [-0.3, -0.25) is 4.79 Å². The zero-order chi connectivity index (χ0) is 25.1. The van der Waals surface area contributed by atoms with E-state index in [0.717, 1.165) is 0 Å². The van der Waals surface area contributed by atoms with Crippen molar-refractivity contribution < 1.29 is 42.5 Å². The second-order valence-electron chi connectivity index (χ2n) is 10.5. The number of carbonyl (C=O) groups excluding carboxylic acids is 3. The van der Waals surface area contributed by atoms with E-state index in [-0.39, 0.29) is 18.8 Å². The first kappa shape index (κ1) is 24.8. The van der Waals surface area contributed by atoms with Crippen molar-refractivity contribution in [3.63, 3.8) is 0 Å². The summed E-state index contributed by atoms with van der Waals surface area (Å²) in [5, 5.41) is 11.4. The van der Waals surface area contributed by atoms with Crippen molar-refractivity contribution in [2.24, 2.45) is 28.6 Å². The van der Waals surface area contributed by atoms with Crippen molar-refractivity contribution in [2.75, 3.05) is 13.5 Å². The van der Waals surface area contributed by atoms with Crippen LogP contribution in [0.1, 0.15) is 53.4 Å². The number of halogens is 2. The van der Waals surface area contributed by atoms with Gasteiger partial charge in [0.2, 0.25) is 12.5 Å². The van der Waals surface area contributed by atoms with Gasteiger partial charge in [0.15, 0.2) is 11.5 Å². The van der Waals surface area contributed by atoms with E-state index in [1.54, 1.807) is 33.8 Å². The van der Waals surface area contributed by atoms with E-state index in [2.05, 4.69) is 0 Å². The molecule has 8 atom stereocenters. The van der Waals surface area contributed by atoms with Gasteiger partial charge in [0.25, 0.3) is 0 Å². The highest BCUT2D eigenvalue weighted by molar-refractivity contribution is 6.01. The molecule has 0 aliphatic heterocycles. The molecule has 0 radical (unpaired) electrons. The van der Waals surface area contributed by atoms with Crippen molar-refractivity contribution in [2.45, 2.75) is 70.8 Å². The van der Waals surface area contributed by atoms with Gasteiger partial charge in [0.05, 0.1) is 12.7 Å². The van der Waals surface area contributed by atoms with Crippen molar-refractivity contribution in [1.82, 2.24) is 0 Å². The average Bonchev–Trinajstić information content (AvgIpc) is 2.97. The molecule has 4 rings (SSSR count). The topological polar surface area (TPSA) is 99.1 Å². The van der Waals surface area contributed by atoms with Crippen LogP contribution in [-0.2, 0) is 23.8 Å². The summed E-state index contributed by atoms with van der Waals surface area (Å²) in [6.45, 7) is 5.22. The number of aliphatic hydroxyl groups excluding tert-OH is 1. The lowest BCUT2D eigenvalue weighted by atomic mass is 9.44. The fourth-order valence-electron chi connectivity index (χ4n) is 7.66. The van der Waals surface area contributed by atoms with Crippen LogP contribution in [0.5, 0.6) is 0 Å². The van der Waals surface area contributed by atoms with E-state index in [1.165, 1.54) is 12.2 Å². The standard InChI is InChI=1S/C25H32F2O7/c1-5-32-21(31)34-25(20(30)33-13-26)14(2)10-18-17-7-6-15-11-16(28)8-9-22(15,3)24(17,27)19(29)12-23(18,25)4/h8-9,11,14,17-19,29H,5-7,10,12-13H2,1-4H3/t14-,17+,18+,19+,22+,23+,24+,25+/m1/s1. The number of alkyl halides is 2. The highest BCUT2D eigenvalue weighted by Crippen LogP contribution is 2.71. The summed E-state index contributed by atoms with van der Waals surface area (Å²) < 4.78 is 45.7. The van der Waals surface area contributed by atoms with E-state index < -0.39 is 64.9 Å². The maximum atomic E-state index is 17.2. The number of rotatable bonds is 4. The number of hydrogen-bond acceptors (Lipinski definition) is 7.